The van der Waals surface area contributed by atoms with Crippen molar-refractivity contribution in [3.05, 3.63) is 23.6 Å². The Hall–Kier alpha value is -1.03. The minimum atomic E-state index is -0.215. The summed E-state index contributed by atoms with van der Waals surface area (Å²) in [5.41, 5.74) is 0. The molecule has 1 heterocycles. The number of imide groups is 1. The Labute approximate surface area is 75.1 Å². The molecule has 0 saturated carbocycles. The largest absolute Gasteiger partial charge is 0.293 e. The lowest BCUT2D eigenvalue weighted by atomic mass is 10.4. The van der Waals surface area contributed by atoms with Crippen LogP contribution in [0, 0.1) is 0 Å². The summed E-state index contributed by atoms with van der Waals surface area (Å²) < 4.78 is 0. The second-order valence-corrected chi connectivity index (χ2v) is 3.18. The Morgan fingerprint density at radius 3 is 2.67 bits per heavy atom. The van der Waals surface area contributed by atoms with E-state index in [1.807, 2.05) is 0 Å². The predicted molar refractivity (Wildman–Crippen MR) is 48.7 cm³/mol. The summed E-state index contributed by atoms with van der Waals surface area (Å²) >= 11 is 0.958. The first kappa shape index (κ1) is 9.06. The minimum absolute atomic E-state index is 0.199. The predicted octanol–water partition coefficient (Wildman–Crippen LogP) is 1.77. The summed E-state index contributed by atoms with van der Waals surface area (Å²) in [6.45, 7) is 5.66. The number of carbonyl (C=O) groups is 2. The van der Waals surface area contributed by atoms with Crippen molar-refractivity contribution >= 4 is 22.9 Å². The van der Waals surface area contributed by atoms with E-state index < -0.39 is 0 Å². The fraction of sp³-hybridized carbons (Fsp3) is 0.250. The van der Waals surface area contributed by atoms with Gasteiger partial charge in [0.15, 0.2) is 0 Å². The van der Waals surface area contributed by atoms with Crippen LogP contribution in [0.15, 0.2) is 23.6 Å². The van der Waals surface area contributed by atoms with Crippen molar-refractivity contribution in [1.82, 2.24) is 4.90 Å². The number of hydrogen-bond donors (Lipinski definition) is 0. The summed E-state index contributed by atoms with van der Waals surface area (Å²) in [7, 11) is 0. The maximum Gasteiger partial charge on any atom is 0.293 e. The zero-order valence-corrected chi connectivity index (χ0v) is 7.56. The molecular weight excluding hydrogens is 174 g/mol. The van der Waals surface area contributed by atoms with Gasteiger partial charge in [-0.1, -0.05) is 12.7 Å². The van der Waals surface area contributed by atoms with Crippen LogP contribution in [0.4, 0.5) is 4.79 Å². The molecule has 1 rings (SSSR count). The Kier molecular flexibility index (Phi) is 2.70. The van der Waals surface area contributed by atoms with Gasteiger partial charge < -0.3 is 0 Å². The van der Waals surface area contributed by atoms with Gasteiger partial charge >= 0.3 is 0 Å². The van der Waals surface area contributed by atoms with Crippen molar-refractivity contribution < 1.29 is 9.59 Å². The van der Waals surface area contributed by atoms with Crippen LogP contribution in [0.5, 0.6) is 0 Å². The first-order valence-electron chi connectivity index (χ1n) is 3.57. The molecule has 12 heavy (non-hydrogen) atoms. The molecule has 0 aliphatic carbocycles. The van der Waals surface area contributed by atoms with E-state index in [1.54, 1.807) is 13.0 Å². The van der Waals surface area contributed by atoms with Gasteiger partial charge in [-0.2, -0.15) is 0 Å². The van der Waals surface area contributed by atoms with Crippen molar-refractivity contribution in [3.8, 4) is 0 Å². The molecule has 1 fully saturated rings. The number of allylic oxidation sites excluding steroid dienone is 2. The van der Waals surface area contributed by atoms with E-state index in [2.05, 4.69) is 6.58 Å². The number of nitrogens with zero attached hydrogens (tertiary/aromatic N) is 1. The molecule has 3 nitrogen and oxygen atoms in total. The van der Waals surface area contributed by atoms with Gasteiger partial charge in [-0.15, -0.1) is 0 Å². The maximum atomic E-state index is 11.3. The topological polar surface area (TPSA) is 37.4 Å². The molecule has 0 aromatic heterocycles. The van der Waals surface area contributed by atoms with Crippen molar-refractivity contribution in [1.29, 1.82) is 0 Å². The van der Waals surface area contributed by atoms with Crippen LogP contribution >= 0.6 is 11.8 Å². The highest BCUT2D eigenvalue weighted by Gasteiger charge is 2.32. The van der Waals surface area contributed by atoms with Crippen LogP contribution in [0.25, 0.3) is 0 Å². The zero-order valence-electron chi connectivity index (χ0n) is 6.74. The average molecular weight is 183 g/mol. The second kappa shape index (κ2) is 3.58. The molecule has 0 bridgehead atoms. The van der Waals surface area contributed by atoms with E-state index in [0.717, 1.165) is 11.8 Å². The van der Waals surface area contributed by atoms with E-state index >= 15 is 0 Å². The Bertz CT molecular complexity index is 270. The summed E-state index contributed by atoms with van der Waals surface area (Å²) in [5, 5.41) is -0.199. The first-order valence-corrected chi connectivity index (χ1v) is 4.38. The van der Waals surface area contributed by atoms with Gasteiger partial charge in [0.25, 0.3) is 11.1 Å². The molecule has 0 unspecified atom stereocenters. The van der Waals surface area contributed by atoms with Gasteiger partial charge in [-0.25, -0.2) is 0 Å². The lowest BCUT2D eigenvalue weighted by molar-refractivity contribution is -0.122. The zero-order chi connectivity index (χ0) is 9.14. The molecule has 0 aromatic carbocycles. The summed E-state index contributed by atoms with van der Waals surface area (Å²) in [5.74, 6) is -0.215. The van der Waals surface area contributed by atoms with Crippen molar-refractivity contribution in [3.63, 3.8) is 0 Å². The van der Waals surface area contributed by atoms with Crippen LogP contribution < -0.4 is 0 Å². The standard InChI is InChI=1S/C8H9NO2S/c1-3-5-6-7(10)9(4-2)8(11)12-6/h3,5H,1,4H2,2H3/b6-5-. The quantitative estimate of drug-likeness (QED) is 0.612. The highest BCUT2D eigenvalue weighted by Crippen LogP contribution is 2.29. The second-order valence-electron chi connectivity index (χ2n) is 2.18. The summed E-state index contributed by atoms with van der Waals surface area (Å²) in [4.78, 5) is 24.1. The Morgan fingerprint density at radius 2 is 2.25 bits per heavy atom. The number of amides is 2. The molecular formula is C8H9NO2S. The van der Waals surface area contributed by atoms with Gasteiger partial charge in [-0.05, 0) is 24.8 Å². The minimum Gasteiger partial charge on any atom is -0.269 e. The first-order chi connectivity index (χ1) is 5.70. The number of hydrogen-bond acceptors (Lipinski definition) is 3. The lowest BCUT2D eigenvalue weighted by Crippen LogP contribution is -2.27. The molecule has 0 aromatic rings. The smallest absolute Gasteiger partial charge is 0.269 e. The van der Waals surface area contributed by atoms with Gasteiger partial charge in [0.2, 0.25) is 0 Å². The van der Waals surface area contributed by atoms with E-state index in [-0.39, 0.29) is 11.1 Å². The fourth-order valence-corrected chi connectivity index (χ4v) is 1.77. The van der Waals surface area contributed by atoms with E-state index in [4.69, 9.17) is 0 Å². The number of rotatable bonds is 2. The molecule has 0 N–H and O–H groups in total. The molecule has 1 saturated heterocycles. The van der Waals surface area contributed by atoms with Gasteiger partial charge in [0.1, 0.15) is 0 Å². The monoisotopic (exact) mass is 183 g/mol. The number of carbonyl (C=O) groups excluding carboxylic acids is 2. The Morgan fingerprint density at radius 1 is 1.58 bits per heavy atom. The van der Waals surface area contributed by atoms with Crippen LogP contribution in [0.3, 0.4) is 0 Å². The van der Waals surface area contributed by atoms with Crippen LogP contribution in [0.1, 0.15) is 6.92 Å². The number of thioether (sulfide) groups is 1. The van der Waals surface area contributed by atoms with Crippen LogP contribution in [0.2, 0.25) is 0 Å². The molecule has 2 amide bonds. The molecule has 1 aliphatic heterocycles. The highest BCUT2D eigenvalue weighted by molar-refractivity contribution is 8.18. The molecule has 0 atom stereocenters. The van der Waals surface area contributed by atoms with Gasteiger partial charge in [0, 0.05) is 6.54 Å². The lowest BCUT2D eigenvalue weighted by Gasteiger charge is -2.06. The third-order valence-electron chi connectivity index (χ3n) is 1.46. The van der Waals surface area contributed by atoms with Crippen LogP contribution in [-0.2, 0) is 4.79 Å². The maximum absolute atomic E-state index is 11.3. The Balaban J connectivity index is 2.89. The van der Waals surface area contributed by atoms with E-state index in [9.17, 15) is 9.59 Å². The SMILES string of the molecule is C=C/C=C1\SC(=O)N(CC)C1=O. The summed E-state index contributed by atoms with van der Waals surface area (Å²) in [6, 6.07) is 0. The number of likely N-dealkylation sites (N-methyl/N-ethyl adjacent to an activating group) is 1. The molecule has 1 aliphatic rings. The van der Waals surface area contributed by atoms with Gasteiger partial charge in [-0.3, -0.25) is 14.5 Å². The summed E-state index contributed by atoms with van der Waals surface area (Å²) in [6.07, 6.45) is 3.06. The van der Waals surface area contributed by atoms with E-state index in [1.165, 1.54) is 11.0 Å². The van der Waals surface area contributed by atoms with Crippen LogP contribution in [-0.4, -0.2) is 22.6 Å². The van der Waals surface area contributed by atoms with E-state index in [0.29, 0.717) is 11.4 Å². The fourth-order valence-electron chi connectivity index (χ4n) is 0.894. The van der Waals surface area contributed by atoms with Crippen molar-refractivity contribution in [2.75, 3.05) is 6.54 Å². The van der Waals surface area contributed by atoms with Gasteiger partial charge in [0.05, 0.1) is 4.91 Å². The normalized spacial score (nSPS) is 20.8. The highest BCUT2D eigenvalue weighted by atomic mass is 32.2. The average Bonchev–Trinajstić information content (AvgIpc) is 2.29. The van der Waals surface area contributed by atoms with Crippen molar-refractivity contribution in [2.45, 2.75) is 6.92 Å². The third kappa shape index (κ3) is 1.43. The molecule has 0 spiro atoms. The molecule has 0 radical (unpaired) electrons. The van der Waals surface area contributed by atoms with Crippen molar-refractivity contribution in [2.24, 2.45) is 0 Å². The third-order valence-corrected chi connectivity index (χ3v) is 2.38. The molecule has 64 valence electrons. The molecule has 4 heteroatoms.